The average molecular weight is 406 g/mol. The van der Waals surface area contributed by atoms with Crippen molar-refractivity contribution >= 4 is 17.1 Å². The van der Waals surface area contributed by atoms with Gasteiger partial charge in [-0.2, -0.15) is 0 Å². The van der Waals surface area contributed by atoms with Crippen LogP contribution in [0.1, 0.15) is 22.3 Å². The van der Waals surface area contributed by atoms with Crippen molar-refractivity contribution in [3.8, 4) is 5.75 Å². The van der Waals surface area contributed by atoms with Gasteiger partial charge in [0.1, 0.15) is 5.75 Å². The molecule has 3 heteroatoms. The number of rotatable bonds is 7. The van der Waals surface area contributed by atoms with Crippen LogP contribution in [0.2, 0.25) is 0 Å². The van der Waals surface area contributed by atoms with Gasteiger partial charge in [-0.25, -0.2) is 4.79 Å². The molecule has 3 nitrogen and oxygen atoms in total. The van der Waals surface area contributed by atoms with Crippen LogP contribution in [-0.4, -0.2) is 17.7 Å². The fraction of sp³-hybridized carbons (Fsp3) is 0.0357. The first-order valence-corrected chi connectivity index (χ1v) is 10.1. The SMILES string of the molecule is O=C(O)COc1ccc(C(=C(c2ccccc2)c2ccccc2)c2ccccc2)cc1. The van der Waals surface area contributed by atoms with Crippen LogP contribution in [0, 0.1) is 0 Å². The lowest BCUT2D eigenvalue weighted by atomic mass is 9.86. The van der Waals surface area contributed by atoms with Gasteiger partial charge in [0.05, 0.1) is 0 Å². The summed E-state index contributed by atoms with van der Waals surface area (Å²) in [5.74, 6) is -0.469. The quantitative estimate of drug-likeness (QED) is 0.374. The molecule has 4 aromatic carbocycles. The van der Waals surface area contributed by atoms with E-state index in [-0.39, 0.29) is 6.61 Å². The molecule has 0 saturated carbocycles. The van der Waals surface area contributed by atoms with E-state index >= 15 is 0 Å². The van der Waals surface area contributed by atoms with Crippen molar-refractivity contribution in [1.29, 1.82) is 0 Å². The maximum absolute atomic E-state index is 10.8. The number of carbonyl (C=O) groups is 1. The van der Waals surface area contributed by atoms with Crippen LogP contribution in [0.4, 0.5) is 0 Å². The van der Waals surface area contributed by atoms with Gasteiger partial charge in [0, 0.05) is 0 Å². The Morgan fingerprint density at radius 2 is 0.903 bits per heavy atom. The minimum absolute atomic E-state index is 0.361. The molecule has 0 amide bonds. The number of hydrogen-bond acceptors (Lipinski definition) is 2. The van der Waals surface area contributed by atoms with E-state index in [1.807, 2.05) is 78.9 Å². The molecule has 0 atom stereocenters. The van der Waals surface area contributed by atoms with Gasteiger partial charge in [-0.15, -0.1) is 0 Å². The van der Waals surface area contributed by atoms with E-state index < -0.39 is 5.97 Å². The molecule has 0 aliphatic carbocycles. The molecule has 0 fully saturated rings. The number of carboxylic acids is 1. The molecule has 0 aliphatic heterocycles. The first-order valence-electron chi connectivity index (χ1n) is 10.1. The molecular weight excluding hydrogens is 384 g/mol. The molecule has 0 saturated heterocycles. The minimum Gasteiger partial charge on any atom is -0.482 e. The summed E-state index contributed by atoms with van der Waals surface area (Å²) in [7, 11) is 0. The van der Waals surface area contributed by atoms with Crippen LogP contribution in [0.25, 0.3) is 11.1 Å². The Morgan fingerprint density at radius 1 is 0.548 bits per heavy atom. The highest BCUT2D eigenvalue weighted by molar-refractivity contribution is 6.04. The summed E-state index contributed by atoms with van der Waals surface area (Å²) >= 11 is 0. The molecule has 4 rings (SSSR count). The van der Waals surface area contributed by atoms with Gasteiger partial charge in [-0.05, 0) is 45.5 Å². The van der Waals surface area contributed by atoms with Crippen LogP contribution in [-0.2, 0) is 4.79 Å². The predicted molar refractivity (Wildman–Crippen MR) is 124 cm³/mol. The number of ether oxygens (including phenoxy) is 1. The van der Waals surface area contributed by atoms with Crippen molar-refractivity contribution in [2.45, 2.75) is 0 Å². The van der Waals surface area contributed by atoms with Crippen molar-refractivity contribution in [1.82, 2.24) is 0 Å². The molecule has 31 heavy (non-hydrogen) atoms. The zero-order valence-corrected chi connectivity index (χ0v) is 16.9. The first kappa shape index (κ1) is 20.2. The molecule has 152 valence electrons. The number of hydrogen-bond donors (Lipinski definition) is 1. The molecule has 0 heterocycles. The largest absolute Gasteiger partial charge is 0.482 e. The van der Waals surface area contributed by atoms with E-state index in [4.69, 9.17) is 9.84 Å². The third kappa shape index (κ3) is 4.90. The lowest BCUT2D eigenvalue weighted by Gasteiger charge is -2.18. The Kier molecular flexibility index (Phi) is 6.24. The average Bonchev–Trinajstić information content (AvgIpc) is 2.83. The van der Waals surface area contributed by atoms with E-state index in [2.05, 4.69) is 36.4 Å². The van der Waals surface area contributed by atoms with Gasteiger partial charge in [0.2, 0.25) is 0 Å². The van der Waals surface area contributed by atoms with Crippen LogP contribution in [0.3, 0.4) is 0 Å². The summed E-state index contributed by atoms with van der Waals surface area (Å²) in [4.78, 5) is 10.8. The maximum Gasteiger partial charge on any atom is 0.341 e. The van der Waals surface area contributed by atoms with Crippen molar-refractivity contribution in [3.05, 3.63) is 138 Å². The summed E-state index contributed by atoms with van der Waals surface area (Å²) in [5.41, 5.74) is 6.60. The maximum atomic E-state index is 10.8. The standard InChI is InChI=1S/C28H22O3/c29-26(30)20-31-25-18-16-24(17-19-25)28(23-14-8-3-9-15-23)27(21-10-4-1-5-11-21)22-12-6-2-7-13-22/h1-19H,20H2,(H,29,30). The topological polar surface area (TPSA) is 46.5 Å². The van der Waals surface area contributed by atoms with E-state index in [9.17, 15) is 4.79 Å². The van der Waals surface area contributed by atoms with Gasteiger partial charge in [0.15, 0.2) is 6.61 Å². The highest BCUT2D eigenvalue weighted by atomic mass is 16.5. The van der Waals surface area contributed by atoms with Crippen LogP contribution < -0.4 is 4.74 Å². The Hall–Kier alpha value is -4.11. The Morgan fingerprint density at radius 3 is 1.26 bits per heavy atom. The molecule has 0 aromatic heterocycles. The number of carboxylic acid groups (broad SMARTS) is 1. The summed E-state index contributed by atoms with van der Waals surface area (Å²) in [5, 5.41) is 8.86. The predicted octanol–water partition coefficient (Wildman–Crippen LogP) is 6.16. The minimum atomic E-state index is -0.996. The Balaban J connectivity index is 1.93. The molecular formula is C28H22O3. The fourth-order valence-electron chi connectivity index (χ4n) is 3.59. The number of aliphatic carboxylic acids is 1. The van der Waals surface area contributed by atoms with E-state index in [1.54, 1.807) is 0 Å². The highest BCUT2D eigenvalue weighted by Crippen LogP contribution is 2.37. The summed E-state index contributed by atoms with van der Waals surface area (Å²) in [6, 6.07) is 38.6. The molecule has 1 N–H and O–H groups in total. The van der Waals surface area contributed by atoms with Crippen molar-refractivity contribution < 1.29 is 14.6 Å². The van der Waals surface area contributed by atoms with Crippen molar-refractivity contribution in [2.24, 2.45) is 0 Å². The van der Waals surface area contributed by atoms with Crippen LogP contribution in [0.15, 0.2) is 115 Å². The fourth-order valence-corrected chi connectivity index (χ4v) is 3.59. The highest BCUT2D eigenvalue weighted by Gasteiger charge is 2.16. The monoisotopic (exact) mass is 406 g/mol. The van der Waals surface area contributed by atoms with Gasteiger partial charge in [-0.3, -0.25) is 0 Å². The third-order valence-corrected chi connectivity index (χ3v) is 4.94. The first-order chi connectivity index (χ1) is 15.2. The third-order valence-electron chi connectivity index (χ3n) is 4.94. The summed E-state index contributed by atoms with van der Waals surface area (Å²) in [6.07, 6.45) is 0. The zero-order chi connectivity index (χ0) is 21.5. The molecule has 4 aromatic rings. The van der Waals surface area contributed by atoms with Gasteiger partial charge in [-0.1, -0.05) is 103 Å². The van der Waals surface area contributed by atoms with E-state index in [0.717, 1.165) is 33.4 Å². The van der Waals surface area contributed by atoms with Crippen LogP contribution >= 0.6 is 0 Å². The van der Waals surface area contributed by atoms with Gasteiger partial charge < -0.3 is 9.84 Å². The summed E-state index contributed by atoms with van der Waals surface area (Å²) in [6.45, 7) is -0.361. The second-order valence-corrected chi connectivity index (χ2v) is 7.05. The molecule has 0 unspecified atom stereocenters. The molecule has 0 radical (unpaired) electrons. The smallest absolute Gasteiger partial charge is 0.341 e. The van der Waals surface area contributed by atoms with Gasteiger partial charge >= 0.3 is 5.97 Å². The molecule has 0 aliphatic rings. The zero-order valence-electron chi connectivity index (χ0n) is 16.9. The molecule has 0 bridgehead atoms. The van der Waals surface area contributed by atoms with Gasteiger partial charge in [0.25, 0.3) is 0 Å². The second kappa shape index (κ2) is 9.59. The normalized spacial score (nSPS) is 10.3. The molecule has 0 spiro atoms. The Bertz CT molecular complexity index is 1120. The number of benzene rings is 4. The summed E-state index contributed by atoms with van der Waals surface area (Å²) < 4.78 is 5.32. The van der Waals surface area contributed by atoms with Crippen molar-refractivity contribution in [2.75, 3.05) is 6.61 Å². The van der Waals surface area contributed by atoms with E-state index in [1.165, 1.54) is 0 Å². The lowest BCUT2D eigenvalue weighted by Crippen LogP contribution is -2.09. The lowest BCUT2D eigenvalue weighted by molar-refractivity contribution is -0.139. The van der Waals surface area contributed by atoms with Crippen molar-refractivity contribution in [3.63, 3.8) is 0 Å². The Labute approximate surface area is 181 Å². The van der Waals surface area contributed by atoms with E-state index in [0.29, 0.717) is 5.75 Å². The second-order valence-electron chi connectivity index (χ2n) is 7.05. The van der Waals surface area contributed by atoms with Crippen LogP contribution in [0.5, 0.6) is 5.75 Å².